The molecule has 23 heavy (non-hydrogen) atoms. The third-order valence-electron chi connectivity index (χ3n) is 3.82. The van der Waals surface area contributed by atoms with Gasteiger partial charge in [-0.3, -0.25) is 0 Å². The van der Waals surface area contributed by atoms with Crippen LogP contribution in [0.1, 0.15) is 19.4 Å². The Bertz CT molecular complexity index is 788. The molecule has 122 valence electrons. The highest BCUT2D eigenvalue weighted by molar-refractivity contribution is 6.07. The molecule has 0 saturated carbocycles. The van der Waals surface area contributed by atoms with Crippen molar-refractivity contribution in [3.63, 3.8) is 0 Å². The van der Waals surface area contributed by atoms with Crippen LogP contribution in [0.15, 0.2) is 36.4 Å². The normalized spacial score (nSPS) is 11.7. The average molecular weight is 313 g/mol. The van der Waals surface area contributed by atoms with Crippen molar-refractivity contribution in [3.05, 3.63) is 42.0 Å². The van der Waals surface area contributed by atoms with Crippen molar-refractivity contribution in [1.29, 1.82) is 0 Å². The Kier molecular flexibility index (Phi) is 4.84. The first kappa shape index (κ1) is 15.8. The monoisotopic (exact) mass is 313 g/mol. The highest BCUT2D eigenvalue weighted by Crippen LogP contribution is 2.29. The lowest BCUT2D eigenvalue weighted by Crippen LogP contribution is -2.25. The van der Waals surface area contributed by atoms with Gasteiger partial charge in [-0.15, -0.1) is 0 Å². The molecule has 0 spiro atoms. The summed E-state index contributed by atoms with van der Waals surface area (Å²) in [5.41, 5.74) is 3.51. The molecule has 4 nitrogen and oxygen atoms in total. The number of aromatic amines is 1. The van der Waals surface area contributed by atoms with Crippen molar-refractivity contribution in [2.75, 3.05) is 19.8 Å². The Labute approximate surface area is 136 Å². The maximum atomic E-state index is 5.87. The van der Waals surface area contributed by atoms with Crippen LogP contribution in [0.3, 0.4) is 0 Å². The number of benzene rings is 2. The van der Waals surface area contributed by atoms with Crippen molar-refractivity contribution in [2.24, 2.45) is 0 Å². The molecule has 3 rings (SSSR count). The summed E-state index contributed by atoms with van der Waals surface area (Å²) in [6.07, 6.45) is -0.328. The molecule has 0 aliphatic rings. The summed E-state index contributed by atoms with van der Waals surface area (Å²) in [6.45, 7) is 7.60. The molecule has 0 bridgehead atoms. The van der Waals surface area contributed by atoms with Crippen molar-refractivity contribution in [1.82, 2.24) is 4.98 Å². The maximum absolute atomic E-state index is 5.87. The van der Waals surface area contributed by atoms with Crippen LogP contribution >= 0.6 is 0 Å². The van der Waals surface area contributed by atoms with Crippen LogP contribution in [0.2, 0.25) is 0 Å². The number of aryl methyl sites for hydroxylation is 1. The molecule has 1 N–H and O–H groups in total. The fourth-order valence-electron chi connectivity index (χ4n) is 2.76. The van der Waals surface area contributed by atoms with E-state index in [0.29, 0.717) is 19.8 Å². The second-order valence-corrected chi connectivity index (χ2v) is 5.53. The van der Waals surface area contributed by atoms with E-state index in [1.54, 1.807) is 0 Å². The molecule has 3 aromatic rings. The van der Waals surface area contributed by atoms with Gasteiger partial charge in [-0.2, -0.15) is 0 Å². The molecule has 0 unspecified atom stereocenters. The lowest BCUT2D eigenvalue weighted by molar-refractivity contribution is -0.152. The summed E-state index contributed by atoms with van der Waals surface area (Å²) in [7, 11) is 0. The standard InChI is InChI=1S/C19H23NO3/c1-4-21-19(22-5-2)12-23-14-7-9-18-16(11-14)15-10-13(3)6-8-17(15)20-18/h6-11,19-20H,4-5,12H2,1-3H3. The highest BCUT2D eigenvalue weighted by atomic mass is 16.7. The molecule has 0 radical (unpaired) electrons. The van der Waals surface area contributed by atoms with Gasteiger partial charge in [-0.25, -0.2) is 0 Å². The van der Waals surface area contributed by atoms with Gasteiger partial charge < -0.3 is 19.2 Å². The van der Waals surface area contributed by atoms with Gasteiger partial charge in [0.25, 0.3) is 0 Å². The molecule has 0 atom stereocenters. The molecule has 1 heterocycles. The Hall–Kier alpha value is -2.04. The average Bonchev–Trinajstić information content (AvgIpc) is 2.90. The van der Waals surface area contributed by atoms with E-state index in [1.807, 2.05) is 19.9 Å². The third-order valence-corrected chi connectivity index (χ3v) is 3.82. The summed E-state index contributed by atoms with van der Waals surface area (Å²) in [5.74, 6) is 0.823. The van der Waals surface area contributed by atoms with Crippen LogP contribution in [-0.2, 0) is 9.47 Å². The van der Waals surface area contributed by atoms with Gasteiger partial charge in [0.2, 0.25) is 0 Å². The molecule has 0 saturated heterocycles. The van der Waals surface area contributed by atoms with Crippen molar-refractivity contribution in [3.8, 4) is 5.75 Å². The minimum Gasteiger partial charge on any atom is -0.488 e. The number of fused-ring (bicyclic) bond motifs is 3. The lowest BCUT2D eigenvalue weighted by atomic mass is 10.1. The lowest BCUT2D eigenvalue weighted by Gasteiger charge is -2.17. The Morgan fingerprint density at radius 1 is 0.913 bits per heavy atom. The predicted molar refractivity (Wildman–Crippen MR) is 93.1 cm³/mol. The van der Waals surface area contributed by atoms with E-state index in [2.05, 4.69) is 42.2 Å². The zero-order chi connectivity index (χ0) is 16.2. The molecular weight excluding hydrogens is 290 g/mol. The summed E-state index contributed by atoms with van der Waals surface area (Å²) in [6, 6.07) is 12.5. The number of hydrogen-bond donors (Lipinski definition) is 1. The van der Waals surface area contributed by atoms with Gasteiger partial charge >= 0.3 is 0 Å². The molecule has 0 aliphatic heterocycles. The van der Waals surface area contributed by atoms with Gasteiger partial charge in [0.1, 0.15) is 12.4 Å². The SMILES string of the molecule is CCOC(COc1ccc2[nH]c3ccc(C)cc3c2c1)OCC. The van der Waals surface area contributed by atoms with Gasteiger partial charge in [0, 0.05) is 35.0 Å². The fraction of sp³-hybridized carbons (Fsp3) is 0.368. The van der Waals surface area contributed by atoms with Crippen LogP contribution in [0.4, 0.5) is 0 Å². The van der Waals surface area contributed by atoms with Gasteiger partial charge in [-0.1, -0.05) is 11.6 Å². The van der Waals surface area contributed by atoms with Crippen molar-refractivity contribution >= 4 is 21.8 Å². The van der Waals surface area contributed by atoms with E-state index >= 15 is 0 Å². The Morgan fingerprint density at radius 3 is 2.26 bits per heavy atom. The van der Waals surface area contributed by atoms with E-state index in [-0.39, 0.29) is 6.29 Å². The summed E-state index contributed by atoms with van der Waals surface area (Å²) in [5, 5.41) is 2.39. The van der Waals surface area contributed by atoms with Crippen LogP contribution in [0, 0.1) is 6.92 Å². The summed E-state index contributed by atoms with van der Waals surface area (Å²) >= 11 is 0. The Balaban J connectivity index is 1.84. The first-order valence-electron chi connectivity index (χ1n) is 8.09. The fourth-order valence-corrected chi connectivity index (χ4v) is 2.76. The zero-order valence-corrected chi connectivity index (χ0v) is 13.9. The number of ether oxygens (including phenoxy) is 3. The number of aromatic nitrogens is 1. The molecule has 2 aromatic carbocycles. The third kappa shape index (κ3) is 3.49. The van der Waals surface area contributed by atoms with Crippen LogP contribution < -0.4 is 4.74 Å². The first-order valence-corrected chi connectivity index (χ1v) is 8.09. The predicted octanol–water partition coefficient (Wildman–Crippen LogP) is 4.41. The van der Waals surface area contributed by atoms with Gasteiger partial charge in [-0.05, 0) is 51.1 Å². The van der Waals surface area contributed by atoms with Crippen molar-refractivity contribution in [2.45, 2.75) is 27.1 Å². The number of nitrogens with one attached hydrogen (secondary N) is 1. The van der Waals surface area contributed by atoms with Crippen LogP contribution in [0.5, 0.6) is 5.75 Å². The first-order chi connectivity index (χ1) is 11.2. The smallest absolute Gasteiger partial charge is 0.191 e. The Morgan fingerprint density at radius 2 is 1.57 bits per heavy atom. The molecular formula is C19H23NO3. The van der Waals surface area contributed by atoms with E-state index in [1.165, 1.54) is 16.3 Å². The van der Waals surface area contributed by atoms with Gasteiger partial charge in [0.15, 0.2) is 6.29 Å². The molecule has 1 aromatic heterocycles. The van der Waals surface area contributed by atoms with E-state index in [0.717, 1.165) is 16.8 Å². The molecule has 0 aliphatic carbocycles. The zero-order valence-electron chi connectivity index (χ0n) is 13.9. The molecule has 4 heteroatoms. The van der Waals surface area contributed by atoms with E-state index in [9.17, 15) is 0 Å². The summed E-state index contributed by atoms with van der Waals surface area (Å²) < 4.78 is 16.9. The van der Waals surface area contributed by atoms with Crippen LogP contribution in [-0.4, -0.2) is 31.1 Å². The molecule has 0 fully saturated rings. The van der Waals surface area contributed by atoms with Gasteiger partial charge in [0.05, 0.1) is 0 Å². The maximum Gasteiger partial charge on any atom is 0.191 e. The largest absolute Gasteiger partial charge is 0.488 e. The number of hydrogen-bond acceptors (Lipinski definition) is 3. The minimum atomic E-state index is -0.328. The quantitative estimate of drug-likeness (QED) is 0.657. The molecule has 0 amide bonds. The van der Waals surface area contributed by atoms with E-state index in [4.69, 9.17) is 14.2 Å². The topological polar surface area (TPSA) is 43.5 Å². The highest BCUT2D eigenvalue weighted by Gasteiger charge is 2.10. The van der Waals surface area contributed by atoms with Crippen LogP contribution in [0.25, 0.3) is 21.8 Å². The second-order valence-electron chi connectivity index (χ2n) is 5.53. The minimum absolute atomic E-state index is 0.328. The number of H-pyrrole nitrogens is 1. The van der Waals surface area contributed by atoms with E-state index < -0.39 is 0 Å². The summed E-state index contributed by atoms with van der Waals surface area (Å²) in [4.78, 5) is 3.43. The van der Waals surface area contributed by atoms with Crippen molar-refractivity contribution < 1.29 is 14.2 Å². The second kappa shape index (κ2) is 7.02. The number of rotatable bonds is 7.